The van der Waals surface area contributed by atoms with Crippen molar-refractivity contribution >= 4 is 11.6 Å². The Morgan fingerprint density at radius 2 is 2.41 bits per heavy atom. The summed E-state index contributed by atoms with van der Waals surface area (Å²) < 4.78 is 19.3. The summed E-state index contributed by atoms with van der Waals surface area (Å²) in [4.78, 5) is 0. The summed E-state index contributed by atoms with van der Waals surface area (Å²) in [5, 5.41) is 3.77. The predicted molar refractivity (Wildman–Crippen MR) is 66.8 cm³/mol. The van der Waals surface area contributed by atoms with Gasteiger partial charge < -0.3 is 10.1 Å². The van der Waals surface area contributed by atoms with Gasteiger partial charge in [0.25, 0.3) is 0 Å². The number of hydrogen-bond acceptors (Lipinski definition) is 2. The first-order valence-corrected chi connectivity index (χ1v) is 6.36. The predicted octanol–water partition coefficient (Wildman–Crippen LogP) is 3.17. The number of nitrogens with one attached hydrogen (secondary N) is 1. The van der Waals surface area contributed by atoms with E-state index in [0.29, 0.717) is 23.1 Å². The van der Waals surface area contributed by atoms with E-state index in [2.05, 4.69) is 5.32 Å². The quantitative estimate of drug-likeness (QED) is 0.895. The topological polar surface area (TPSA) is 21.3 Å². The van der Waals surface area contributed by atoms with E-state index in [1.54, 1.807) is 12.1 Å². The van der Waals surface area contributed by atoms with Crippen LogP contribution >= 0.6 is 11.6 Å². The first-order valence-electron chi connectivity index (χ1n) is 5.98. The van der Waals surface area contributed by atoms with Crippen LogP contribution in [0, 0.1) is 11.7 Å². The zero-order valence-electron chi connectivity index (χ0n) is 9.88. The van der Waals surface area contributed by atoms with Crippen LogP contribution < -0.4 is 5.32 Å². The van der Waals surface area contributed by atoms with Gasteiger partial charge in [-0.05, 0) is 25.1 Å². The molecule has 0 bridgehead atoms. The van der Waals surface area contributed by atoms with Gasteiger partial charge >= 0.3 is 0 Å². The second-order valence-electron chi connectivity index (χ2n) is 4.32. The van der Waals surface area contributed by atoms with E-state index in [4.69, 9.17) is 16.3 Å². The Morgan fingerprint density at radius 3 is 3.00 bits per heavy atom. The van der Waals surface area contributed by atoms with Gasteiger partial charge in [-0.2, -0.15) is 0 Å². The molecule has 1 aromatic rings. The minimum absolute atomic E-state index is 0.0137. The molecular formula is C13H17ClFNO. The van der Waals surface area contributed by atoms with Crippen molar-refractivity contribution < 1.29 is 9.13 Å². The molecule has 1 aromatic carbocycles. The van der Waals surface area contributed by atoms with Crippen molar-refractivity contribution in [1.29, 1.82) is 0 Å². The van der Waals surface area contributed by atoms with E-state index in [1.807, 2.05) is 6.92 Å². The SMILES string of the molecule is CCNC(c1ccc(Cl)cc1F)C1CCOC1. The summed E-state index contributed by atoms with van der Waals surface area (Å²) in [6.45, 7) is 4.29. The van der Waals surface area contributed by atoms with Crippen LogP contribution in [-0.2, 0) is 4.74 Å². The highest BCUT2D eigenvalue weighted by molar-refractivity contribution is 6.30. The molecule has 0 radical (unpaired) electrons. The maximum atomic E-state index is 13.9. The molecule has 1 aliphatic heterocycles. The van der Waals surface area contributed by atoms with Crippen molar-refractivity contribution in [3.8, 4) is 0 Å². The Kier molecular flexibility index (Phi) is 4.37. The van der Waals surface area contributed by atoms with Crippen LogP contribution in [0.3, 0.4) is 0 Å². The minimum atomic E-state index is -0.240. The summed E-state index contributed by atoms with van der Waals surface area (Å²) in [7, 11) is 0. The molecule has 2 atom stereocenters. The highest BCUT2D eigenvalue weighted by Crippen LogP contribution is 2.31. The Morgan fingerprint density at radius 1 is 1.59 bits per heavy atom. The molecule has 0 aliphatic carbocycles. The van der Waals surface area contributed by atoms with Gasteiger partial charge in [0, 0.05) is 29.2 Å². The van der Waals surface area contributed by atoms with E-state index >= 15 is 0 Å². The lowest BCUT2D eigenvalue weighted by Gasteiger charge is -2.24. The number of halogens is 2. The first kappa shape index (κ1) is 12.8. The van der Waals surface area contributed by atoms with Crippen LogP contribution in [0.2, 0.25) is 5.02 Å². The lowest BCUT2D eigenvalue weighted by atomic mass is 9.92. The summed E-state index contributed by atoms with van der Waals surface area (Å²) in [6, 6.07) is 4.89. The Bertz CT molecular complexity index is 380. The van der Waals surface area contributed by atoms with Crippen molar-refractivity contribution in [3.05, 3.63) is 34.6 Å². The average Bonchev–Trinajstić information content (AvgIpc) is 2.80. The van der Waals surface area contributed by atoms with E-state index in [9.17, 15) is 4.39 Å². The third kappa shape index (κ3) is 2.97. The molecule has 1 aliphatic rings. The summed E-state index contributed by atoms with van der Waals surface area (Å²) in [5.74, 6) is 0.0981. The maximum Gasteiger partial charge on any atom is 0.129 e. The zero-order chi connectivity index (χ0) is 12.3. The second kappa shape index (κ2) is 5.80. The van der Waals surface area contributed by atoms with Crippen molar-refractivity contribution in [2.75, 3.05) is 19.8 Å². The van der Waals surface area contributed by atoms with Crippen LogP contribution in [-0.4, -0.2) is 19.8 Å². The van der Waals surface area contributed by atoms with Crippen molar-refractivity contribution in [2.24, 2.45) is 5.92 Å². The third-order valence-electron chi connectivity index (χ3n) is 3.16. The van der Waals surface area contributed by atoms with E-state index in [0.717, 1.165) is 19.6 Å². The molecule has 0 amide bonds. The molecule has 4 heteroatoms. The van der Waals surface area contributed by atoms with Gasteiger partial charge in [-0.3, -0.25) is 0 Å². The highest BCUT2D eigenvalue weighted by atomic mass is 35.5. The lowest BCUT2D eigenvalue weighted by molar-refractivity contribution is 0.176. The summed E-state index contributed by atoms with van der Waals surface area (Å²) >= 11 is 5.77. The van der Waals surface area contributed by atoms with Gasteiger partial charge in [-0.1, -0.05) is 24.6 Å². The van der Waals surface area contributed by atoms with Gasteiger partial charge in [0.15, 0.2) is 0 Å². The van der Waals surface area contributed by atoms with Crippen molar-refractivity contribution in [3.63, 3.8) is 0 Å². The number of rotatable bonds is 4. The molecule has 2 nitrogen and oxygen atoms in total. The molecule has 1 N–H and O–H groups in total. The molecule has 94 valence electrons. The number of benzene rings is 1. The molecular weight excluding hydrogens is 241 g/mol. The Labute approximate surface area is 106 Å². The normalized spacial score (nSPS) is 21.7. The Balaban J connectivity index is 2.24. The molecule has 1 fully saturated rings. The van der Waals surface area contributed by atoms with Gasteiger partial charge in [-0.25, -0.2) is 4.39 Å². The average molecular weight is 258 g/mol. The lowest BCUT2D eigenvalue weighted by Crippen LogP contribution is -2.29. The molecule has 17 heavy (non-hydrogen) atoms. The molecule has 2 unspecified atom stereocenters. The molecule has 0 saturated carbocycles. The highest BCUT2D eigenvalue weighted by Gasteiger charge is 2.28. The third-order valence-corrected chi connectivity index (χ3v) is 3.39. The van der Waals surface area contributed by atoms with E-state index in [-0.39, 0.29) is 11.9 Å². The monoisotopic (exact) mass is 257 g/mol. The molecule has 1 saturated heterocycles. The van der Waals surface area contributed by atoms with Crippen LogP contribution in [0.4, 0.5) is 4.39 Å². The fourth-order valence-corrected chi connectivity index (χ4v) is 2.48. The van der Waals surface area contributed by atoms with Gasteiger partial charge in [0.1, 0.15) is 5.82 Å². The molecule has 0 aromatic heterocycles. The summed E-state index contributed by atoms with van der Waals surface area (Å²) in [5.41, 5.74) is 0.687. The maximum absolute atomic E-state index is 13.9. The fraction of sp³-hybridized carbons (Fsp3) is 0.538. The van der Waals surface area contributed by atoms with Crippen LogP contribution in [0.1, 0.15) is 24.9 Å². The fourth-order valence-electron chi connectivity index (χ4n) is 2.32. The standard InChI is InChI=1S/C13H17ClFNO/c1-2-16-13(9-5-6-17-8-9)11-4-3-10(14)7-12(11)15/h3-4,7,9,13,16H,2,5-6,8H2,1H3. The molecule has 1 heterocycles. The largest absolute Gasteiger partial charge is 0.381 e. The smallest absolute Gasteiger partial charge is 0.129 e. The van der Waals surface area contributed by atoms with E-state index < -0.39 is 0 Å². The Hall–Kier alpha value is -0.640. The second-order valence-corrected chi connectivity index (χ2v) is 4.76. The van der Waals surface area contributed by atoms with Crippen molar-refractivity contribution in [1.82, 2.24) is 5.32 Å². The number of hydrogen-bond donors (Lipinski definition) is 1. The van der Waals surface area contributed by atoms with Gasteiger partial charge in [-0.15, -0.1) is 0 Å². The zero-order valence-corrected chi connectivity index (χ0v) is 10.6. The number of ether oxygens (including phenoxy) is 1. The van der Waals surface area contributed by atoms with Crippen LogP contribution in [0.15, 0.2) is 18.2 Å². The first-order chi connectivity index (χ1) is 8.22. The van der Waals surface area contributed by atoms with Gasteiger partial charge in [0.2, 0.25) is 0 Å². The minimum Gasteiger partial charge on any atom is -0.381 e. The molecule has 2 rings (SSSR count). The van der Waals surface area contributed by atoms with Crippen molar-refractivity contribution in [2.45, 2.75) is 19.4 Å². The van der Waals surface area contributed by atoms with Crippen LogP contribution in [0.5, 0.6) is 0 Å². The molecule has 0 spiro atoms. The van der Waals surface area contributed by atoms with Gasteiger partial charge in [0.05, 0.1) is 6.61 Å². The summed E-state index contributed by atoms with van der Waals surface area (Å²) in [6.07, 6.45) is 0.972. The van der Waals surface area contributed by atoms with E-state index in [1.165, 1.54) is 6.07 Å². The van der Waals surface area contributed by atoms with Crippen LogP contribution in [0.25, 0.3) is 0 Å².